The number of nitriles is 1. The zero-order valence-corrected chi connectivity index (χ0v) is 10.7. The van der Waals surface area contributed by atoms with Gasteiger partial charge in [0.1, 0.15) is 6.04 Å². The van der Waals surface area contributed by atoms with E-state index in [0.717, 1.165) is 5.56 Å². The number of aliphatic hydroxyl groups excluding tert-OH is 1. The normalized spacial score (nSPS) is 11.2. The average Bonchev–Trinajstić information content (AvgIpc) is 2.40. The number of aliphatic hydroxyl groups is 1. The number of nitrogens with zero attached hydrogens (tertiary/aromatic N) is 1. The van der Waals surface area contributed by atoms with E-state index in [1.54, 1.807) is 24.3 Å². The van der Waals surface area contributed by atoms with Gasteiger partial charge in [0.15, 0.2) is 0 Å². The number of anilines is 1. The number of urea groups is 1. The number of carboxylic acid groups (broad SMARTS) is 1. The number of hydrogen-bond donors (Lipinski definition) is 4. The Kier molecular flexibility index (Phi) is 6.00. The summed E-state index contributed by atoms with van der Waals surface area (Å²) in [5, 5.41) is 30.8. The molecule has 1 atom stereocenters. The first-order valence-electron chi connectivity index (χ1n) is 5.94. The van der Waals surface area contributed by atoms with E-state index in [1.807, 2.05) is 6.07 Å². The summed E-state index contributed by atoms with van der Waals surface area (Å²) in [5.74, 6) is -1.21. The Balaban J connectivity index is 2.57. The number of amides is 2. The van der Waals surface area contributed by atoms with E-state index in [9.17, 15) is 9.59 Å². The van der Waals surface area contributed by atoms with Crippen molar-refractivity contribution >= 4 is 17.7 Å². The van der Waals surface area contributed by atoms with E-state index < -0.39 is 18.0 Å². The van der Waals surface area contributed by atoms with Crippen molar-refractivity contribution in [2.24, 2.45) is 0 Å². The highest BCUT2D eigenvalue weighted by atomic mass is 16.4. The third kappa shape index (κ3) is 4.96. The van der Waals surface area contributed by atoms with Gasteiger partial charge in [0.05, 0.1) is 12.5 Å². The number of aliphatic carboxylic acids is 1. The van der Waals surface area contributed by atoms with Crippen LogP contribution in [0, 0.1) is 11.3 Å². The summed E-state index contributed by atoms with van der Waals surface area (Å²) < 4.78 is 0. The van der Waals surface area contributed by atoms with Crippen LogP contribution in [0.3, 0.4) is 0 Å². The first-order chi connectivity index (χ1) is 9.56. The molecule has 0 aliphatic carbocycles. The van der Waals surface area contributed by atoms with Crippen LogP contribution >= 0.6 is 0 Å². The molecule has 1 aromatic carbocycles. The number of nitrogens with one attached hydrogen (secondary N) is 2. The third-order valence-electron chi connectivity index (χ3n) is 2.52. The minimum Gasteiger partial charge on any atom is -0.480 e. The second kappa shape index (κ2) is 7.76. The Morgan fingerprint density at radius 3 is 2.45 bits per heavy atom. The van der Waals surface area contributed by atoms with Crippen LogP contribution in [-0.4, -0.2) is 34.9 Å². The second-order valence-corrected chi connectivity index (χ2v) is 4.03. The molecule has 0 fully saturated rings. The van der Waals surface area contributed by atoms with Crippen LogP contribution in [0.1, 0.15) is 12.0 Å². The first kappa shape index (κ1) is 15.5. The SMILES string of the molecule is N#CCc1ccc(NC(=O)NC(CCO)C(=O)O)cc1. The van der Waals surface area contributed by atoms with E-state index >= 15 is 0 Å². The van der Waals surface area contributed by atoms with Crippen LogP contribution < -0.4 is 10.6 Å². The maximum absolute atomic E-state index is 11.6. The fraction of sp³-hybridized carbons (Fsp3) is 0.308. The van der Waals surface area contributed by atoms with Gasteiger partial charge in [0.25, 0.3) is 0 Å². The lowest BCUT2D eigenvalue weighted by Crippen LogP contribution is -2.43. The molecule has 0 aromatic heterocycles. The van der Waals surface area contributed by atoms with Crippen molar-refractivity contribution in [1.29, 1.82) is 5.26 Å². The molecule has 106 valence electrons. The Morgan fingerprint density at radius 2 is 1.95 bits per heavy atom. The zero-order valence-electron chi connectivity index (χ0n) is 10.7. The maximum Gasteiger partial charge on any atom is 0.326 e. The molecule has 0 spiro atoms. The van der Waals surface area contributed by atoms with E-state index in [0.29, 0.717) is 5.69 Å². The first-order valence-corrected chi connectivity index (χ1v) is 5.94. The van der Waals surface area contributed by atoms with Crippen molar-refractivity contribution in [3.05, 3.63) is 29.8 Å². The van der Waals surface area contributed by atoms with Crippen molar-refractivity contribution in [3.63, 3.8) is 0 Å². The molecule has 0 aliphatic rings. The smallest absolute Gasteiger partial charge is 0.326 e. The summed E-state index contributed by atoms with van der Waals surface area (Å²) in [4.78, 5) is 22.4. The van der Waals surface area contributed by atoms with Gasteiger partial charge in [-0.2, -0.15) is 5.26 Å². The molecule has 1 unspecified atom stereocenters. The number of hydrogen-bond acceptors (Lipinski definition) is 4. The van der Waals surface area contributed by atoms with Crippen LogP contribution in [0.5, 0.6) is 0 Å². The lowest BCUT2D eigenvalue weighted by molar-refractivity contribution is -0.139. The molecule has 0 aliphatic heterocycles. The molecular formula is C13H15N3O4. The Morgan fingerprint density at radius 1 is 1.30 bits per heavy atom. The van der Waals surface area contributed by atoms with Crippen molar-refractivity contribution in [2.75, 3.05) is 11.9 Å². The number of carbonyl (C=O) groups is 2. The highest BCUT2D eigenvalue weighted by Crippen LogP contribution is 2.09. The summed E-state index contributed by atoms with van der Waals surface area (Å²) in [6, 6.07) is 6.83. The number of rotatable bonds is 6. The van der Waals surface area contributed by atoms with E-state index in [2.05, 4.69) is 10.6 Å². The third-order valence-corrected chi connectivity index (χ3v) is 2.52. The van der Waals surface area contributed by atoms with Crippen LogP contribution in [0.4, 0.5) is 10.5 Å². The number of carboxylic acids is 1. The van der Waals surface area contributed by atoms with Gasteiger partial charge >= 0.3 is 12.0 Å². The average molecular weight is 277 g/mol. The standard InChI is InChI=1S/C13H15N3O4/c14-7-5-9-1-3-10(4-2-9)15-13(20)16-11(6-8-17)12(18)19/h1-4,11,17H,5-6,8H2,(H,18,19)(H2,15,16,20). The number of benzene rings is 1. The van der Waals surface area contributed by atoms with Gasteiger partial charge in [-0.3, -0.25) is 0 Å². The lowest BCUT2D eigenvalue weighted by Gasteiger charge is -2.14. The number of carbonyl (C=O) groups excluding carboxylic acids is 1. The molecule has 1 rings (SSSR count). The fourth-order valence-corrected chi connectivity index (χ4v) is 1.51. The summed E-state index contributed by atoms with van der Waals surface area (Å²) in [5.41, 5.74) is 1.31. The van der Waals surface area contributed by atoms with Gasteiger partial charge in [-0.25, -0.2) is 9.59 Å². The highest BCUT2D eigenvalue weighted by molar-refractivity contribution is 5.92. The van der Waals surface area contributed by atoms with Gasteiger partial charge in [-0.15, -0.1) is 0 Å². The van der Waals surface area contributed by atoms with E-state index in [1.165, 1.54) is 0 Å². The molecular weight excluding hydrogens is 262 g/mol. The fourth-order valence-electron chi connectivity index (χ4n) is 1.51. The van der Waals surface area contributed by atoms with Crippen LogP contribution in [-0.2, 0) is 11.2 Å². The summed E-state index contributed by atoms with van der Waals surface area (Å²) in [7, 11) is 0. The highest BCUT2D eigenvalue weighted by Gasteiger charge is 2.18. The van der Waals surface area contributed by atoms with Gasteiger partial charge < -0.3 is 20.8 Å². The molecule has 0 radical (unpaired) electrons. The van der Waals surface area contributed by atoms with Gasteiger partial charge in [-0.05, 0) is 17.7 Å². The predicted octanol–water partition coefficient (Wildman–Crippen LogP) is 0.710. The molecule has 7 heteroatoms. The van der Waals surface area contributed by atoms with Gasteiger partial charge in [0.2, 0.25) is 0 Å². The molecule has 20 heavy (non-hydrogen) atoms. The minimum absolute atomic E-state index is 0.0656. The minimum atomic E-state index is -1.21. The van der Waals surface area contributed by atoms with Crippen molar-refractivity contribution in [1.82, 2.24) is 5.32 Å². The molecule has 0 heterocycles. The molecule has 4 N–H and O–H groups in total. The topological polar surface area (TPSA) is 122 Å². The summed E-state index contributed by atoms with van der Waals surface area (Å²) in [6.45, 7) is -0.333. The van der Waals surface area contributed by atoms with Crippen LogP contribution in [0.25, 0.3) is 0 Å². The predicted molar refractivity (Wildman–Crippen MR) is 71.0 cm³/mol. The van der Waals surface area contributed by atoms with Crippen molar-refractivity contribution in [2.45, 2.75) is 18.9 Å². The van der Waals surface area contributed by atoms with Crippen molar-refractivity contribution < 1.29 is 19.8 Å². The Labute approximate surface area is 115 Å². The van der Waals surface area contributed by atoms with E-state index in [4.69, 9.17) is 15.5 Å². The quantitative estimate of drug-likeness (QED) is 0.610. The Bertz CT molecular complexity index is 507. The molecule has 2 amide bonds. The molecule has 0 saturated carbocycles. The van der Waals surface area contributed by atoms with E-state index in [-0.39, 0.29) is 19.4 Å². The molecule has 1 aromatic rings. The maximum atomic E-state index is 11.6. The molecule has 0 saturated heterocycles. The summed E-state index contributed by atoms with van der Waals surface area (Å²) >= 11 is 0. The molecule has 7 nitrogen and oxygen atoms in total. The summed E-state index contributed by atoms with van der Waals surface area (Å²) in [6.07, 6.45) is 0.216. The van der Waals surface area contributed by atoms with Gasteiger partial charge in [-0.1, -0.05) is 12.1 Å². The largest absolute Gasteiger partial charge is 0.480 e. The van der Waals surface area contributed by atoms with Gasteiger partial charge in [0, 0.05) is 18.7 Å². The second-order valence-electron chi connectivity index (χ2n) is 4.03. The Hall–Kier alpha value is -2.59. The van der Waals surface area contributed by atoms with Crippen LogP contribution in [0.15, 0.2) is 24.3 Å². The monoisotopic (exact) mass is 277 g/mol. The van der Waals surface area contributed by atoms with Crippen LogP contribution in [0.2, 0.25) is 0 Å². The molecule has 0 bridgehead atoms. The lowest BCUT2D eigenvalue weighted by atomic mass is 10.1. The zero-order chi connectivity index (χ0) is 15.0. The van der Waals surface area contributed by atoms with Crippen molar-refractivity contribution in [3.8, 4) is 6.07 Å².